The molecule has 10 heteroatoms. The van der Waals surface area contributed by atoms with Gasteiger partial charge in [-0.3, -0.25) is 9.59 Å². The van der Waals surface area contributed by atoms with Crippen LogP contribution in [-0.2, 0) is 28.5 Å². The van der Waals surface area contributed by atoms with Gasteiger partial charge in [-0.15, -0.1) is 0 Å². The Kier molecular flexibility index (Phi) is 32.0. The molecule has 0 saturated carbocycles. The highest BCUT2D eigenvalue weighted by molar-refractivity contribution is 5.70. The van der Waals surface area contributed by atoms with Crippen LogP contribution in [0.2, 0.25) is 0 Å². The van der Waals surface area contributed by atoms with Crippen LogP contribution in [0.15, 0.2) is 85.1 Å². The van der Waals surface area contributed by atoms with Crippen molar-refractivity contribution in [2.45, 2.75) is 166 Å². The molecule has 10 nitrogen and oxygen atoms in total. The molecule has 0 aromatic heterocycles. The largest absolute Gasteiger partial charge is 0.462 e. The van der Waals surface area contributed by atoms with Gasteiger partial charge < -0.3 is 39.4 Å². The molecule has 0 aromatic carbocycles. The predicted molar refractivity (Wildman–Crippen MR) is 219 cm³/mol. The maximum Gasteiger partial charge on any atom is 0.306 e. The van der Waals surface area contributed by atoms with Crippen LogP contribution in [0, 0.1) is 0 Å². The lowest BCUT2D eigenvalue weighted by molar-refractivity contribution is -0.305. The molecule has 0 aromatic rings. The number of ether oxygens (including phenoxy) is 4. The lowest BCUT2D eigenvalue weighted by Gasteiger charge is -2.39. The van der Waals surface area contributed by atoms with Gasteiger partial charge in [-0.25, -0.2) is 0 Å². The number of carbonyl (C=O) groups excluding carboxylic acids is 2. The number of aliphatic hydroxyl groups is 4. The number of hydrogen-bond donors (Lipinski definition) is 4. The number of allylic oxidation sites excluding steroid dienone is 14. The third-order valence-electron chi connectivity index (χ3n) is 8.86. The molecule has 6 atom stereocenters. The molecule has 4 N–H and O–H groups in total. The Hall–Kier alpha value is -3.12. The van der Waals surface area contributed by atoms with Crippen LogP contribution in [0.5, 0.6) is 0 Å². The summed E-state index contributed by atoms with van der Waals surface area (Å²) in [4.78, 5) is 25.2. The van der Waals surface area contributed by atoms with E-state index in [4.69, 9.17) is 18.9 Å². The maximum absolute atomic E-state index is 12.7. The van der Waals surface area contributed by atoms with Crippen molar-refractivity contribution >= 4 is 11.9 Å². The Labute approximate surface area is 331 Å². The lowest BCUT2D eigenvalue weighted by Crippen LogP contribution is -2.59. The first kappa shape index (κ1) is 49.9. The van der Waals surface area contributed by atoms with Crippen LogP contribution >= 0.6 is 0 Å². The summed E-state index contributed by atoms with van der Waals surface area (Å²) in [5, 5.41) is 40.0. The molecule has 1 aliphatic heterocycles. The molecule has 3 unspecified atom stereocenters. The molecule has 1 heterocycles. The summed E-state index contributed by atoms with van der Waals surface area (Å²) in [6, 6.07) is 0. The number of aliphatic hydroxyl groups excluding tert-OH is 4. The van der Waals surface area contributed by atoms with Crippen molar-refractivity contribution in [2.75, 3.05) is 19.8 Å². The van der Waals surface area contributed by atoms with E-state index in [9.17, 15) is 30.0 Å². The fraction of sp³-hybridized carbons (Fsp3) is 0.644. The van der Waals surface area contributed by atoms with Gasteiger partial charge in [0.05, 0.1) is 13.2 Å². The van der Waals surface area contributed by atoms with Gasteiger partial charge in [0.2, 0.25) is 0 Å². The Balaban J connectivity index is 2.44. The molecule has 0 spiro atoms. The van der Waals surface area contributed by atoms with Crippen molar-refractivity contribution in [1.82, 2.24) is 0 Å². The van der Waals surface area contributed by atoms with Crippen LogP contribution < -0.4 is 0 Å². The van der Waals surface area contributed by atoms with Crippen molar-refractivity contribution in [3.8, 4) is 0 Å². The van der Waals surface area contributed by atoms with Gasteiger partial charge in [0, 0.05) is 12.8 Å². The number of unbranched alkanes of at least 4 members (excludes halogenated alkanes) is 10. The fourth-order valence-corrected chi connectivity index (χ4v) is 5.57. The normalized spacial score (nSPS) is 21.5. The summed E-state index contributed by atoms with van der Waals surface area (Å²) in [5.41, 5.74) is 0. The molecule has 0 bridgehead atoms. The monoisotopic (exact) mass is 773 g/mol. The van der Waals surface area contributed by atoms with Crippen LogP contribution in [-0.4, -0.2) is 89.0 Å². The highest BCUT2D eigenvalue weighted by Crippen LogP contribution is 2.22. The number of rotatable bonds is 32. The lowest BCUT2D eigenvalue weighted by atomic mass is 9.99. The van der Waals surface area contributed by atoms with E-state index < -0.39 is 55.4 Å². The first-order valence-electron chi connectivity index (χ1n) is 20.7. The highest BCUT2D eigenvalue weighted by atomic mass is 16.7. The van der Waals surface area contributed by atoms with Crippen molar-refractivity contribution in [2.24, 2.45) is 0 Å². The van der Waals surface area contributed by atoms with Gasteiger partial charge in [-0.05, 0) is 64.2 Å². The maximum atomic E-state index is 12.7. The Morgan fingerprint density at radius 1 is 0.600 bits per heavy atom. The van der Waals surface area contributed by atoms with Crippen molar-refractivity contribution < 1.29 is 49.0 Å². The minimum Gasteiger partial charge on any atom is -0.462 e. The number of carbonyl (C=O) groups is 2. The summed E-state index contributed by atoms with van der Waals surface area (Å²) in [6.45, 7) is 3.15. The average molecular weight is 773 g/mol. The standard InChI is InChI=1S/C45H72O10/c1-3-5-7-9-11-13-15-17-18-19-20-22-23-25-27-29-31-33-40(47)52-36-38(37-53-45-44(51)43(50)42(49)39(35-46)55-45)54-41(48)34-32-30-28-26-24-21-16-14-12-10-8-6-4-2/h6,8,10,12,14,16-18,20-22,24-25,27,38-39,42-46,49-51H,3-5,7,9,11,13,15,19,23,26,28-37H2,1-2H3/b8-6+,12-10+,16-14+,18-17+,22-20+,24-21+,27-25+/t38?,39-,42+,43?,44?,45-/m0/s1. The van der Waals surface area contributed by atoms with Crippen LogP contribution in [0.1, 0.15) is 129 Å². The molecule has 0 radical (unpaired) electrons. The molecule has 0 amide bonds. The quantitative estimate of drug-likeness (QED) is 0.0228. The Morgan fingerprint density at radius 3 is 1.84 bits per heavy atom. The second-order valence-electron chi connectivity index (χ2n) is 13.8. The van der Waals surface area contributed by atoms with Crippen molar-refractivity contribution in [1.29, 1.82) is 0 Å². The Bertz CT molecular complexity index is 1170. The van der Waals surface area contributed by atoms with Gasteiger partial charge >= 0.3 is 11.9 Å². The average Bonchev–Trinajstić information content (AvgIpc) is 3.18. The van der Waals surface area contributed by atoms with E-state index in [0.717, 1.165) is 51.4 Å². The summed E-state index contributed by atoms with van der Waals surface area (Å²) >= 11 is 0. The van der Waals surface area contributed by atoms with Crippen molar-refractivity contribution in [3.63, 3.8) is 0 Å². The zero-order valence-corrected chi connectivity index (χ0v) is 33.6. The fourth-order valence-electron chi connectivity index (χ4n) is 5.57. The van der Waals surface area contributed by atoms with E-state index in [1.54, 1.807) is 0 Å². The molecule has 0 aliphatic carbocycles. The van der Waals surface area contributed by atoms with Crippen LogP contribution in [0.4, 0.5) is 0 Å². The molecule has 312 valence electrons. The van der Waals surface area contributed by atoms with Crippen molar-refractivity contribution in [3.05, 3.63) is 85.1 Å². The number of hydrogen-bond acceptors (Lipinski definition) is 10. The molecule has 1 fully saturated rings. The highest BCUT2D eigenvalue weighted by Gasteiger charge is 2.44. The predicted octanol–water partition coefficient (Wildman–Crippen LogP) is 8.21. The first-order valence-corrected chi connectivity index (χ1v) is 20.7. The van der Waals surface area contributed by atoms with E-state index in [2.05, 4.69) is 56.4 Å². The Morgan fingerprint density at radius 2 is 1.16 bits per heavy atom. The zero-order valence-electron chi connectivity index (χ0n) is 33.6. The minimum atomic E-state index is -1.61. The third kappa shape index (κ3) is 27.2. The second kappa shape index (κ2) is 35.3. The topological polar surface area (TPSA) is 152 Å². The summed E-state index contributed by atoms with van der Waals surface area (Å²) in [7, 11) is 0. The summed E-state index contributed by atoms with van der Waals surface area (Å²) in [5.74, 6) is -0.925. The van der Waals surface area contributed by atoms with Crippen LogP contribution in [0.3, 0.4) is 0 Å². The SMILES string of the molecule is CC/C=C/C=C/C=C/C=C/CCCCCC(=O)OC(COC(=O)CCC/C=C/C/C=C/C/C=C/CCCCCCCC)CO[C@H]1O[C@@H](CO)[C@@H](O)C(O)C1O. The third-order valence-corrected chi connectivity index (χ3v) is 8.86. The van der Waals surface area contributed by atoms with Gasteiger partial charge in [0.15, 0.2) is 12.4 Å². The first-order chi connectivity index (χ1) is 26.8. The number of esters is 2. The van der Waals surface area contributed by atoms with Gasteiger partial charge in [-0.2, -0.15) is 0 Å². The second-order valence-corrected chi connectivity index (χ2v) is 13.8. The van der Waals surface area contributed by atoms with E-state index in [0.29, 0.717) is 12.8 Å². The zero-order chi connectivity index (χ0) is 40.2. The summed E-state index contributed by atoms with van der Waals surface area (Å²) in [6.07, 6.45) is 37.5. The smallest absolute Gasteiger partial charge is 0.306 e. The molecular weight excluding hydrogens is 700 g/mol. The molecular formula is C45H72O10. The van der Waals surface area contributed by atoms with E-state index >= 15 is 0 Å². The molecule has 1 saturated heterocycles. The molecule has 1 aliphatic rings. The summed E-state index contributed by atoms with van der Waals surface area (Å²) < 4.78 is 22.0. The molecule has 1 rings (SSSR count). The minimum absolute atomic E-state index is 0.168. The van der Waals surface area contributed by atoms with Gasteiger partial charge in [-0.1, -0.05) is 137 Å². The van der Waals surface area contributed by atoms with Crippen LogP contribution in [0.25, 0.3) is 0 Å². The molecule has 55 heavy (non-hydrogen) atoms. The van der Waals surface area contributed by atoms with E-state index in [-0.39, 0.29) is 26.1 Å². The van der Waals surface area contributed by atoms with Gasteiger partial charge in [0.1, 0.15) is 31.0 Å². The van der Waals surface area contributed by atoms with Gasteiger partial charge in [0.25, 0.3) is 0 Å². The van der Waals surface area contributed by atoms with E-state index in [1.807, 2.05) is 42.5 Å². The van der Waals surface area contributed by atoms with E-state index in [1.165, 1.54) is 38.5 Å².